The lowest BCUT2D eigenvalue weighted by molar-refractivity contribution is -0.126. The number of phenols is 1. The molecule has 1 saturated heterocycles. The number of phenolic OH excluding ortho intramolecular Hbond substituents is 1. The Labute approximate surface area is 219 Å². The number of nitrogens with zero attached hydrogens (tertiary/aromatic N) is 4. The highest BCUT2D eigenvalue weighted by Crippen LogP contribution is 2.44. The third-order valence-electron chi connectivity index (χ3n) is 6.64. The first-order chi connectivity index (χ1) is 17.3. The number of carbonyl (C=O) groups excluding carboxylic acids is 1. The molecule has 1 aliphatic carbocycles. The van der Waals surface area contributed by atoms with Crippen molar-refractivity contribution in [2.75, 3.05) is 51.7 Å². The minimum Gasteiger partial charge on any atom is -0.508 e. The first kappa shape index (κ1) is 24.7. The number of aromatic hydroxyl groups is 1. The molecule has 1 aromatic heterocycles. The molecule has 0 spiro atoms. The fourth-order valence-electron chi connectivity index (χ4n) is 4.82. The third-order valence-corrected chi connectivity index (χ3v) is 7.86. The second-order valence-corrected chi connectivity index (χ2v) is 10.6. The van der Waals surface area contributed by atoms with Gasteiger partial charge < -0.3 is 19.8 Å². The molecule has 3 aromatic rings. The van der Waals surface area contributed by atoms with Crippen LogP contribution in [0.2, 0.25) is 5.02 Å². The molecule has 2 aromatic carbocycles. The van der Waals surface area contributed by atoms with Crippen molar-refractivity contribution < 1.29 is 14.3 Å². The molecule has 188 valence electrons. The molecule has 1 fully saturated rings. The van der Waals surface area contributed by atoms with Gasteiger partial charge in [0.15, 0.2) is 5.82 Å². The molecule has 6 nitrogen and oxygen atoms in total. The van der Waals surface area contributed by atoms with Crippen LogP contribution in [-0.2, 0) is 11.2 Å². The second kappa shape index (κ2) is 10.2. The Morgan fingerprint density at radius 1 is 1.25 bits per heavy atom. The number of hydrogen-bond donors (Lipinski definition) is 1. The van der Waals surface area contributed by atoms with Gasteiger partial charge in [0.05, 0.1) is 5.02 Å². The van der Waals surface area contributed by atoms with Crippen LogP contribution in [-0.4, -0.2) is 72.0 Å². The molecule has 0 saturated carbocycles. The van der Waals surface area contributed by atoms with Gasteiger partial charge in [-0.2, -0.15) is 4.37 Å². The number of halogens is 2. The van der Waals surface area contributed by atoms with Gasteiger partial charge in [-0.1, -0.05) is 29.8 Å². The summed E-state index contributed by atoms with van der Waals surface area (Å²) in [5.41, 5.74) is 2.98. The fraction of sp³-hybridized carbons (Fsp3) is 0.333. The van der Waals surface area contributed by atoms with Crippen LogP contribution in [0.5, 0.6) is 5.75 Å². The zero-order valence-electron chi connectivity index (χ0n) is 20.3. The van der Waals surface area contributed by atoms with Gasteiger partial charge >= 0.3 is 0 Å². The number of likely N-dealkylation sites (N-methyl/N-ethyl adjacent to an activating group) is 1. The molecule has 36 heavy (non-hydrogen) atoms. The number of fused-ring (bicyclic) bond motifs is 2. The van der Waals surface area contributed by atoms with Crippen molar-refractivity contribution in [3.05, 3.63) is 58.4 Å². The maximum atomic E-state index is 15.9. The van der Waals surface area contributed by atoms with Gasteiger partial charge in [0.25, 0.3) is 0 Å². The van der Waals surface area contributed by atoms with Gasteiger partial charge in [-0.25, -0.2) is 4.39 Å². The maximum Gasteiger partial charge on any atom is 0.246 e. The van der Waals surface area contributed by atoms with Crippen molar-refractivity contribution in [2.24, 2.45) is 0 Å². The number of aromatic nitrogens is 1. The highest BCUT2D eigenvalue weighted by atomic mass is 35.5. The predicted octanol–water partition coefficient (Wildman–Crippen LogP) is 5.19. The lowest BCUT2D eigenvalue weighted by atomic mass is 9.89. The summed E-state index contributed by atoms with van der Waals surface area (Å²) in [6.45, 7) is 3.16. The quantitative estimate of drug-likeness (QED) is 0.464. The third kappa shape index (κ3) is 4.73. The van der Waals surface area contributed by atoms with Gasteiger partial charge in [0.1, 0.15) is 16.3 Å². The van der Waals surface area contributed by atoms with Crippen molar-refractivity contribution >= 4 is 51.0 Å². The Morgan fingerprint density at radius 2 is 2.03 bits per heavy atom. The van der Waals surface area contributed by atoms with E-state index in [0.717, 1.165) is 29.0 Å². The summed E-state index contributed by atoms with van der Waals surface area (Å²) in [7, 11) is 3.92. The largest absolute Gasteiger partial charge is 0.508 e. The lowest BCUT2D eigenvalue weighted by Gasteiger charge is -2.34. The van der Waals surface area contributed by atoms with Crippen LogP contribution in [0.4, 0.5) is 9.39 Å². The lowest BCUT2D eigenvalue weighted by Crippen LogP contribution is -2.48. The summed E-state index contributed by atoms with van der Waals surface area (Å²) in [5, 5.41) is 12.1. The Bertz CT molecular complexity index is 1380. The number of piperazine rings is 1. The molecule has 0 atom stereocenters. The van der Waals surface area contributed by atoms with Gasteiger partial charge in [-0.05, 0) is 73.4 Å². The highest BCUT2D eigenvalue weighted by Gasteiger charge is 2.26. The molecular formula is C27H28ClFN4O2S. The summed E-state index contributed by atoms with van der Waals surface area (Å²) in [6.07, 6.45) is 9.19. The van der Waals surface area contributed by atoms with Gasteiger partial charge in [-0.3, -0.25) is 4.79 Å². The topological polar surface area (TPSA) is 59.9 Å². The van der Waals surface area contributed by atoms with E-state index >= 15 is 4.39 Å². The summed E-state index contributed by atoms with van der Waals surface area (Å²) in [5.74, 6) is -0.378. The Kier molecular flexibility index (Phi) is 7.01. The van der Waals surface area contributed by atoms with E-state index < -0.39 is 5.82 Å². The van der Waals surface area contributed by atoms with Crippen LogP contribution < -0.4 is 4.90 Å². The summed E-state index contributed by atoms with van der Waals surface area (Å²) in [6, 6.07) is 5.08. The van der Waals surface area contributed by atoms with Crippen molar-refractivity contribution in [3.8, 4) is 16.9 Å². The van der Waals surface area contributed by atoms with Crippen molar-refractivity contribution in [2.45, 2.75) is 12.8 Å². The number of carbonyl (C=O) groups is 1. The molecule has 9 heteroatoms. The Balaban J connectivity index is 1.42. The fourth-order valence-corrected chi connectivity index (χ4v) is 6.02. The molecule has 1 amide bonds. The molecule has 5 rings (SSSR count). The van der Waals surface area contributed by atoms with E-state index in [1.54, 1.807) is 24.3 Å². The maximum absolute atomic E-state index is 15.9. The van der Waals surface area contributed by atoms with E-state index in [2.05, 4.69) is 15.3 Å². The van der Waals surface area contributed by atoms with E-state index in [1.165, 1.54) is 11.5 Å². The minimum atomic E-state index is -0.480. The van der Waals surface area contributed by atoms with Crippen LogP contribution >= 0.6 is 23.1 Å². The molecule has 1 aliphatic heterocycles. The zero-order chi connectivity index (χ0) is 25.4. The number of anilines is 1. The van der Waals surface area contributed by atoms with Crippen molar-refractivity contribution in [1.82, 2.24) is 14.2 Å². The molecule has 0 bridgehead atoms. The standard InChI is InChI=1S/C27H28ClFN4O2S/c1-31(2)9-5-8-23(35)32-10-12-33(13-11-32)27-21-16-22(28)24(25(29)26(21)30-36-27)20-15-18(34)14-17-6-3-4-7-19(17)20/h4-5,7-8,14-16,34H,3,6,9-13H2,1-2H3/b8-5+. The van der Waals surface area contributed by atoms with Gasteiger partial charge in [-0.15, -0.1) is 0 Å². The average Bonchev–Trinajstić information content (AvgIpc) is 3.27. The van der Waals surface area contributed by atoms with E-state index in [4.69, 9.17) is 11.6 Å². The Hall–Kier alpha value is -2.94. The summed E-state index contributed by atoms with van der Waals surface area (Å²) < 4.78 is 20.4. The summed E-state index contributed by atoms with van der Waals surface area (Å²) >= 11 is 7.94. The average molecular weight is 527 g/mol. The molecule has 0 radical (unpaired) electrons. The van der Waals surface area contributed by atoms with E-state index in [0.29, 0.717) is 43.7 Å². The zero-order valence-corrected chi connectivity index (χ0v) is 21.9. The highest BCUT2D eigenvalue weighted by molar-refractivity contribution is 7.11. The van der Waals surface area contributed by atoms with E-state index in [1.807, 2.05) is 36.0 Å². The molecule has 1 N–H and O–H groups in total. The van der Waals surface area contributed by atoms with Crippen LogP contribution in [0.1, 0.15) is 17.5 Å². The summed E-state index contributed by atoms with van der Waals surface area (Å²) in [4.78, 5) is 18.4. The smallest absolute Gasteiger partial charge is 0.246 e. The monoisotopic (exact) mass is 526 g/mol. The van der Waals surface area contributed by atoms with E-state index in [-0.39, 0.29) is 27.8 Å². The Morgan fingerprint density at radius 3 is 2.78 bits per heavy atom. The first-order valence-electron chi connectivity index (χ1n) is 12.0. The van der Waals surface area contributed by atoms with Crippen molar-refractivity contribution in [1.29, 1.82) is 0 Å². The minimum absolute atomic E-state index is 0.00730. The van der Waals surface area contributed by atoms with E-state index in [9.17, 15) is 9.90 Å². The number of rotatable bonds is 5. The predicted molar refractivity (Wildman–Crippen MR) is 146 cm³/mol. The number of aryl methyl sites for hydroxylation is 1. The van der Waals surface area contributed by atoms with Crippen LogP contribution in [0.25, 0.3) is 28.1 Å². The van der Waals surface area contributed by atoms with Gasteiger partial charge in [0, 0.05) is 49.7 Å². The molecule has 2 heterocycles. The molecular weight excluding hydrogens is 499 g/mol. The molecule has 0 unspecified atom stereocenters. The second-order valence-electron chi connectivity index (χ2n) is 9.42. The van der Waals surface area contributed by atoms with Gasteiger partial charge in [0.2, 0.25) is 5.91 Å². The van der Waals surface area contributed by atoms with Crippen LogP contribution in [0, 0.1) is 5.82 Å². The number of benzene rings is 2. The first-order valence-corrected chi connectivity index (χ1v) is 13.1. The van der Waals surface area contributed by atoms with Crippen LogP contribution in [0.15, 0.2) is 36.4 Å². The number of hydrogen-bond acceptors (Lipinski definition) is 6. The van der Waals surface area contributed by atoms with Crippen molar-refractivity contribution in [3.63, 3.8) is 0 Å². The normalized spacial score (nSPS) is 15.9. The number of allylic oxidation sites excluding steroid dienone is 1. The van der Waals surface area contributed by atoms with Crippen LogP contribution in [0.3, 0.4) is 0 Å². The molecule has 2 aliphatic rings. The number of amides is 1. The SMILES string of the molecule is CN(C)C/C=C/C(=O)N1CCN(c2snc3c(F)c(-c4cc(O)cc5c4C=CCC5)c(Cl)cc23)CC1.